The van der Waals surface area contributed by atoms with Gasteiger partial charge >= 0.3 is 11.6 Å². The van der Waals surface area contributed by atoms with E-state index in [0.717, 1.165) is 6.07 Å². The second-order valence-corrected chi connectivity index (χ2v) is 2.68. The van der Waals surface area contributed by atoms with E-state index in [-0.39, 0.29) is 5.76 Å². The lowest BCUT2D eigenvalue weighted by molar-refractivity contribution is 0.0657. The maximum Gasteiger partial charge on any atom is 0.371 e. The second-order valence-electron chi connectivity index (χ2n) is 1.76. The summed E-state index contributed by atoms with van der Waals surface area (Å²) < 4.78 is 4.73. The molecule has 1 N–H and O–H groups in total. The quantitative estimate of drug-likeness (QED) is 0.767. The number of halogens is 1. The number of rotatable bonds is 1. The number of aromatic carboxylic acids is 1. The van der Waals surface area contributed by atoms with E-state index in [4.69, 9.17) is 5.11 Å². The fraction of sp³-hybridized carbons (Fsp3) is 0. The van der Waals surface area contributed by atoms with Crippen molar-refractivity contribution in [3.05, 3.63) is 32.8 Å². The highest BCUT2D eigenvalue weighted by Gasteiger charge is 2.06. The van der Waals surface area contributed by atoms with Crippen molar-refractivity contribution in [2.45, 2.75) is 0 Å². The first-order valence-corrected chi connectivity index (χ1v) is 3.43. The summed E-state index contributed by atoms with van der Waals surface area (Å²) in [5.41, 5.74) is -0.684. The highest BCUT2D eigenvalue weighted by molar-refractivity contribution is 9.10. The first-order chi connectivity index (χ1) is 5.09. The van der Waals surface area contributed by atoms with E-state index >= 15 is 0 Å². The van der Waals surface area contributed by atoms with Crippen LogP contribution in [0.1, 0.15) is 10.6 Å². The first kappa shape index (κ1) is 8.00. The van der Waals surface area contributed by atoms with Crippen LogP contribution in [0.3, 0.4) is 0 Å². The predicted octanol–water partition coefficient (Wildman–Crippen LogP) is 1.10. The second kappa shape index (κ2) is 2.87. The van der Waals surface area contributed by atoms with Crippen molar-refractivity contribution in [1.82, 2.24) is 0 Å². The normalized spacial score (nSPS) is 9.55. The van der Waals surface area contributed by atoms with Crippen LogP contribution in [0.5, 0.6) is 0 Å². The zero-order valence-corrected chi connectivity index (χ0v) is 6.79. The van der Waals surface area contributed by atoms with Gasteiger partial charge in [-0.25, -0.2) is 9.59 Å². The first-order valence-electron chi connectivity index (χ1n) is 2.63. The average Bonchev–Trinajstić information content (AvgIpc) is 1.85. The van der Waals surface area contributed by atoms with Crippen LogP contribution >= 0.6 is 15.9 Å². The Hall–Kier alpha value is -1.10. The number of hydrogen-bond acceptors (Lipinski definition) is 3. The molecule has 1 aromatic heterocycles. The van der Waals surface area contributed by atoms with Crippen LogP contribution < -0.4 is 5.63 Å². The summed E-state index contributed by atoms with van der Waals surface area (Å²) in [6, 6.07) is 2.36. The summed E-state index contributed by atoms with van der Waals surface area (Å²) in [4.78, 5) is 20.8. The molecule has 0 aromatic carbocycles. The monoisotopic (exact) mass is 218 g/mol. The van der Waals surface area contributed by atoms with Crippen LogP contribution in [0, 0.1) is 0 Å². The Morgan fingerprint density at radius 2 is 2.18 bits per heavy atom. The molecule has 58 valence electrons. The number of carboxylic acids is 1. The number of carboxylic acid groups (broad SMARTS) is 1. The van der Waals surface area contributed by atoms with Crippen molar-refractivity contribution in [2.24, 2.45) is 0 Å². The minimum absolute atomic E-state index is 0.371. The third-order valence-corrected chi connectivity index (χ3v) is 1.40. The molecule has 0 saturated carbocycles. The van der Waals surface area contributed by atoms with Crippen LogP contribution in [-0.4, -0.2) is 11.1 Å². The molecule has 0 aliphatic carbocycles. The molecule has 4 nitrogen and oxygen atoms in total. The SMILES string of the molecule is O=C(O)c1cc(Br)cc(=O)o1. The van der Waals surface area contributed by atoms with Gasteiger partial charge in [0.05, 0.1) is 0 Å². The molecule has 1 heterocycles. The molecule has 0 fully saturated rings. The van der Waals surface area contributed by atoms with Crippen LogP contribution in [0.15, 0.2) is 25.8 Å². The molecule has 0 aliphatic heterocycles. The lowest BCUT2D eigenvalue weighted by Crippen LogP contribution is -2.04. The minimum Gasteiger partial charge on any atom is -0.475 e. The predicted molar refractivity (Wildman–Crippen MR) is 39.6 cm³/mol. The van der Waals surface area contributed by atoms with Crippen LogP contribution in [0.2, 0.25) is 0 Å². The van der Waals surface area contributed by atoms with Gasteiger partial charge in [0.15, 0.2) is 0 Å². The molecule has 1 rings (SSSR count). The smallest absolute Gasteiger partial charge is 0.371 e. The summed E-state index contributed by atoms with van der Waals surface area (Å²) >= 11 is 2.96. The zero-order chi connectivity index (χ0) is 8.43. The lowest BCUT2D eigenvalue weighted by Gasteiger charge is -1.91. The van der Waals surface area contributed by atoms with E-state index in [1.807, 2.05) is 0 Å². The fourth-order valence-corrected chi connectivity index (χ4v) is 0.947. The van der Waals surface area contributed by atoms with Crippen molar-refractivity contribution in [2.75, 3.05) is 0 Å². The van der Waals surface area contributed by atoms with Crippen molar-refractivity contribution >= 4 is 21.9 Å². The highest BCUT2D eigenvalue weighted by Crippen LogP contribution is 2.08. The molecule has 0 atom stereocenters. The van der Waals surface area contributed by atoms with Crippen LogP contribution in [0.25, 0.3) is 0 Å². The maximum atomic E-state index is 10.6. The van der Waals surface area contributed by atoms with Gasteiger partial charge in [0.2, 0.25) is 5.76 Å². The van der Waals surface area contributed by atoms with E-state index in [0.29, 0.717) is 4.47 Å². The standard InChI is InChI=1S/C6H3BrO4/c7-3-1-4(6(9)10)11-5(8)2-3/h1-2H,(H,9,10). The zero-order valence-electron chi connectivity index (χ0n) is 5.20. The maximum absolute atomic E-state index is 10.6. The van der Waals surface area contributed by atoms with Crippen molar-refractivity contribution in [3.8, 4) is 0 Å². The molecule has 0 unspecified atom stereocenters. The Labute approximate surface area is 69.6 Å². The Bertz CT molecular complexity index is 341. The summed E-state index contributed by atoms with van der Waals surface area (Å²) in [6.45, 7) is 0. The number of carbonyl (C=O) groups is 1. The number of hydrogen-bond donors (Lipinski definition) is 1. The highest BCUT2D eigenvalue weighted by atomic mass is 79.9. The van der Waals surface area contributed by atoms with Gasteiger partial charge in [-0.05, 0) is 0 Å². The van der Waals surface area contributed by atoms with Crippen molar-refractivity contribution in [1.29, 1.82) is 0 Å². The van der Waals surface area contributed by atoms with Gasteiger partial charge < -0.3 is 9.52 Å². The molecular formula is C6H3BrO4. The van der Waals surface area contributed by atoms with Crippen molar-refractivity contribution < 1.29 is 14.3 Å². The lowest BCUT2D eigenvalue weighted by atomic mass is 10.4. The molecule has 0 radical (unpaired) electrons. The topological polar surface area (TPSA) is 67.5 Å². The van der Waals surface area contributed by atoms with Gasteiger partial charge in [-0.3, -0.25) is 0 Å². The molecule has 0 saturated heterocycles. The van der Waals surface area contributed by atoms with Crippen LogP contribution in [0.4, 0.5) is 0 Å². The summed E-state index contributed by atoms with van der Waals surface area (Å²) in [5, 5.41) is 8.38. The molecule has 0 bridgehead atoms. The molecule has 5 heteroatoms. The van der Waals surface area contributed by atoms with E-state index in [9.17, 15) is 9.59 Å². The van der Waals surface area contributed by atoms with Crippen molar-refractivity contribution in [3.63, 3.8) is 0 Å². The van der Waals surface area contributed by atoms with Gasteiger partial charge in [-0.1, -0.05) is 15.9 Å². The fourth-order valence-electron chi connectivity index (χ4n) is 0.552. The molecule has 0 spiro atoms. The van der Waals surface area contributed by atoms with E-state index < -0.39 is 11.6 Å². The van der Waals surface area contributed by atoms with Gasteiger partial charge in [-0.2, -0.15) is 0 Å². The third kappa shape index (κ3) is 1.91. The molecular weight excluding hydrogens is 216 g/mol. The van der Waals surface area contributed by atoms with E-state index in [2.05, 4.69) is 20.3 Å². The molecule has 0 aliphatic rings. The Morgan fingerprint density at radius 3 is 2.64 bits per heavy atom. The summed E-state index contributed by atoms with van der Waals surface area (Å²) in [7, 11) is 0. The van der Waals surface area contributed by atoms with E-state index in [1.165, 1.54) is 6.07 Å². The average molecular weight is 219 g/mol. The molecule has 1 aromatic rings. The van der Waals surface area contributed by atoms with E-state index in [1.54, 1.807) is 0 Å². The third-order valence-electron chi connectivity index (χ3n) is 0.946. The van der Waals surface area contributed by atoms with Gasteiger partial charge in [0.25, 0.3) is 0 Å². The largest absolute Gasteiger partial charge is 0.475 e. The Morgan fingerprint density at radius 1 is 1.55 bits per heavy atom. The Kier molecular flexibility index (Phi) is 2.09. The Balaban J connectivity index is 3.30. The molecule has 11 heavy (non-hydrogen) atoms. The minimum atomic E-state index is -1.26. The van der Waals surface area contributed by atoms with Gasteiger partial charge in [0.1, 0.15) is 0 Å². The summed E-state index contributed by atoms with van der Waals surface area (Å²) in [6.07, 6.45) is 0. The van der Waals surface area contributed by atoms with Crippen LogP contribution in [-0.2, 0) is 0 Å². The molecule has 0 amide bonds. The van der Waals surface area contributed by atoms with Gasteiger partial charge in [0, 0.05) is 16.6 Å². The summed E-state index contributed by atoms with van der Waals surface area (Å²) in [5.74, 6) is -1.63. The van der Waals surface area contributed by atoms with Gasteiger partial charge in [-0.15, -0.1) is 0 Å².